The first-order valence-electron chi connectivity index (χ1n) is 9.14. The Morgan fingerprint density at radius 1 is 1.14 bits per heavy atom. The maximum absolute atomic E-state index is 12.7. The molecule has 1 aliphatic heterocycles. The summed E-state index contributed by atoms with van der Waals surface area (Å²) in [4.78, 5) is 23.7. The number of hydrogen-bond donors (Lipinski definition) is 1. The number of nitrogens with one attached hydrogen (secondary N) is 1. The van der Waals surface area contributed by atoms with E-state index in [2.05, 4.69) is 20.2 Å². The van der Waals surface area contributed by atoms with Crippen molar-refractivity contribution >= 4 is 33.7 Å². The smallest absolute Gasteiger partial charge is 0.344 e. The van der Waals surface area contributed by atoms with Crippen LogP contribution in [-0.2, 0) is 0 Å². The van der Waals surface area contributed by atoms with Crippen LogP contribution in [0.15, 0.2) is 45.9 Å². The molecule has 4 aromatic rings. The normalized spacial score (nSPS) is 14.9. The van der Waals surface area contributed by atoms with Crippen molar-refractivity contribution in [2.24, 2.45) is 0 Å². The van der Waals surface area contributed by atoms with E-state index in [-0.39, 0.29) is 5.63 Å². The number of rotatable bonds is 2. The highest BCUT2D eigenvalue weighted by Crippen LogP contribution is 2.26. The number of aromatic nitrogens is 3. The molecule has 1 fully saturated rings. The lowest BCUT2D eigenvalue weighted by Crippen LogP contribution is -2.43. The Kier molecular flexibility index (Phi) is 4.07. The molecule has 1 saturated heterocycles. The van der Waals surface area contributed by atoms with E-state index in [1.165, 1.54) is 0 Å². The summed E-state index contributed by atoms with van der Waals surface area (Å²) in [6.07, 6.45) is 3.47. The van der Waals surface area contributed by atoms with Crippen molar-refractivity contribution in [2.75, 3.05) is 31.1 Å². The molecule has 4 heterocycles. The van der Waals surface area contributed by atoms with E-state index in [0.717, 1.165) is 37.3 Å². The standard InChI is InChI=1S/C20H18ClN5O2/c1-12-19-24-16(10-26(19)11-18(21)23-12)17-8-13-2-3-14(9-15(13)20(27)28-17)25-6-4-22-5-7-25/h2-3,8-11,22H,4-7H2,1H3. The fourth-order valence-electron chi connectivity index (χ4n) is 3.65. The van der Waals surface area contributed by atoms with Gasteiger partial charge in [-0.05, 0) is 30.5 Å². The van der Waals surface area contributed by atoms with Gasteiger partial charge >= 0.3 is 5.63 Å². The van der Waals surface area contributed by atoms with Gasteiger partial charge in [0.1, 0.15) is 10.8 Å². The lowest BCUT2D eigenvalue weighted by atomic mass is 10.1. The molecule has 0 saturated carbocycles. The summed E-state index contributed by atoms with van der Waals surface area (Å²) in [7, 11) is 0. The first kappa shape index (κ1) is 17.2. The molecule has 5 rings (SSSR count). The Hall–Kier alpha value is -2.90. The Bertz CT molecular complexity index is 1260. The van der Waals surface area contributed by atoms with Crippen LogP contribution in [-0.4, -0.2) is 40.5 Å². The molecular formula is C20H18ClN5O2. The number of aryl methyl sites for hydroxylation is 1. The summed E-state index contributed by atoms with van der Waals surface area (Å²) in [6, 6.07) is 7.78. The summed E-state index contributed by atoms with van der Waals surface area (Å²) in [5.74, 6) is 0.423. The van der Waals surface area contributed by atoms with E-state index in [4.69, 9.17) is 16.0 Å². The molecule has 3 aromatic heterocycles. The van der Waals surface area contributed by atoms with Crippen LogP contribution in [0.25, 0.3) is 27.9 Å². The predicted octanol–water partition coefficient (Wildman–Crippen LogP) is 2.87. The average Bonchev–Trinajstić information content (AvgIpc) is 3.13. The van der Waals surface area contributed by atoms with Crippen molar-refractivity contribution in [3.63, 3.8) is 0 Å². The lowest BCUT2D eigenvalue weighted by Gasteiger charge is -2.29. The van der Waals surface area contributed by atoms with Crippen LogP contribution < -0.4 is 15.8 Å². The highest BCUT2D eigenvalue weighted by Gasteiger charge is 2.15. The largest absolute Gasteiger partial charge is 0.421 e. The summed E-state index contributed by atoms with van der Waals surface area (Å²) < 4.78 is 7.39. The minimum absolute atomic E-state index is 0.366. The number of piperazine rings is 1. The molecular weight excluding hydrogens is 378 g/mol. The minimum atomic E-state index is -0.366. The average molecular weight is 396 g/mol. The third kappa shape index (κ3) is 2.93. The first-order chi connectivity index (χ1) is 13.6. The third-order valence-corrected chi connectivity index (χ3v) is 5.24. The fraction of sp³-hybridized carbons (Fsp3) is 0.250. The summed E-state index contributed by atoms with van der Waals surface area (Å²) in [6.45, 7) is 5.57. The lowest BCUT2D eigenvalue weighted by molar-refractivity contribution is 0.533. The van der Waals surface area contributed by atoms with E-state index >= 15 is 0 Å². The number of hydrogen-bond acceptors (Lipinski definition) is 6. The molecule has 1 aromatic carbocycles. The molecule has 0 unspecified atom stereocenters. The molecule has 0 spiro atoms. The van der Waals surface area contributed by atoms with Crippen LogP contribution >= 0.6 is 11.6 Å². The van der Waals surface area contributed by atoms with E-state index in [1.54, 1.807) is 16.8 Å². The van der Waals surface area contributed by atoms with E-state index in [0.29, 0.717) is 33.3 Å². The second-order valence-electron chi connectivity index (χ2n) is 6.91. The SMILES string of the molecule is Cc1nc(Cl)cn2cc(-c3cc4ccc(N5CCNCC5)cc4c(=O)o3)nc12. The van der Waals surface area contributed by atoms with Crippen LogP contribution in [0.5, 0.6) is 0 Å². The first-order valence-corrected chi connectivity index (χ1v) is 9.52. The summed E-state index contributed by atoms with van der Waals surface area (Å²) in [5, 5.41) is 5.12. The van der Waals surface area contributed by atoms with Crippen LogP contribution in [0.2, 0.25) is 5.15 Å². The van der Waals surface area contributed by atoms with Gasteiger partial charge in [-0.15, -0.1) is 0 Å². The summed E-state index contributed by atoms with van der Waals surface area (Å²) >= 11 is 6.02. The van der Waals surface area contributed by atoms with Crippen molar-refractivity contribution in [1.82, 2.24) is 19.7 Å². The topological polar surface area (TPSA) is 75.7 Å². The molecule has 0 bridgehead atoms. The zero-order valence-corrected chi connectivity index (χ0v) is 16.0. The Morgan fingerprint density at radius 3 is 2.79 bits per heavy atom. The van der Waals surface area contributed by atoms with Gasteiger partial charge in [0, 0.05) is 44.3 Å². The predicted molar refractivity (Wildman–Crippen MR) is 109 cm³/mol. The molecule has 28 heavy (non-hydrogen) atoms. The minimum Gasteiger partial charge on any atom is -0.421 e. The third-order valence-electron chi connectivity index (χ3n) is 5.06. The molecule has 142 valence electrons. The van der Waals surface area contributed by atoms with Crippen LogP contribution in [0.1, 0.15) is 5.69 Å². The second-order valence-corrected chi connectivity index (χ2v) is 7.30. The van der Waals surface area contributed by atoms with Crippen molar-refractivity contribution < 1.29 is 4.42 Å². The highest BCUT2D eigenvalue weighted by atomic mass is 35.5. The van der Waals surface area contributed by atoms with Gasteiger partial charge in [-0.1, -0.05) is 17.7 Å². The zero-order chi connectivity index (χ0) is 19.3. The van der Waals surface area contributed by atoms with Gasteiger partial charge in [0.15, 0.2) is 11.4 Å². The van der Waals surface area contributed by atoms with Gasteiger partial charge in [0.05, 0.1) is 11.1 Å². The quantitative estimate of drug-likeness (QED) is 0.562. The number of anilines is 1. The number of benzene rings is 1. The van der Waals surface area contributed by atoms with E-state index in [9.17, 15) is 4.79 Å². The van der Waals surface area contributed by atoms with E-state index in [1.807, 2.05) is 31.2 Å². The zero-order valence-electron chi connectivity index (χ0n) is 15.3. The van der Waals surface area contributed by atoms with Gasteiger partial charge in [0.2, 0.25) is 0 Å². The van der Waals surface area contributed by atoms with E-state index < -0.39 is 0 Å². The number of fused-ring (bicyclic) bond motifs is 2. The molecule has 0 aliphatic carbocycles. The summed E-state index contributed by atoms with van der Waals surface area (Å²) in [5.41, 5.74) is 2.63. The second kappa shape index (κ2) is 6.61. The molecule has 0 amide bonds. The molecule has 8 heteroatoms. The molecule has 7 nitrogen and oxygen atoms in total. The van der Waals surface area contributed by atoms with Crippen molar-refractivity contribution in [2.45, 2.75) is 6.92 Å². The maximum atomic E-state index is 12.7. The van der Waals surface area contributed by atoms with Gasteiger partial charge in [-0.25, -0.2) is 14.8 Å². The van der Waals surface area contributed by atoms with Crippen LogP contribution in [0, 0.1) is 6.92 Å². The Labute approximate surface area is 165 Å². The highest BCUT2D eigenvalue weighted by molar-refractivity contribution is 6.29. The molecule has 1 N–H and O–H groups in total. The number of nitrogens with zero attached hydrogens (tertiary/aromatic N) is 4. The van der Waals surface area contributed by atoms with Crippen molar-refractivity contribution in [1.29, 1.82) is 0 Å². The maximum Gasteiger partial charge on any atom is 0.344 e. The number of imidazole rings is 1. The Morgan fingerprint density at radius 2 is 1.96 bits per heavy atom. The van der Waals surface area contributed by atoms with Gasteiger partial charge in [0.25, 0.3) is 0 Å². The molecule has 0 atom stereocenters. The van der Waals surface area contributed by atoms with Gasteiger partial charge in [-0.2, -0.15) is 0 Å². The molecule has 1 aliphatic rings. The molecule has 0 radical (unpaired) electrons. The van der Waals surface area contributed by atoms with Gasteiger partial charge < -0.3 is 19.0 Å². The number of halogens is 1. The van der Waals surface area contributed by atoms with Crippen molar-refractivity contribution in [3.8, 4) is 11.5 Å². The monoisotopic (exact) mass is 395 g/mol. The van der Waals surface area contributed by atoms with Crippen molar-refractivity contribution in [3.05, 3.63) is 57.9 Å². The Balaban J connectivity index is 1.60. The fourth-order valence-corrected chi connectivity index (χ4v) is 3.88. The van der Waals surface area contributed by atoms with Crippen LogP contribution in [0.4, 0.5) is 5.69 Å². The van der Waals surface area contributed by atoms with Gasteiger partial charge in [-0.3, -0.25) is 0 Å². The van der Waals surface area contributed by atoms with Crippen LogP contribution in [0.3, 0.4) is 0 Å².